The third-order valence-electron chi connectivity index (χ3n) is 4.61. The normalized spacial score (nSPS) is 16.5. The smallest absolute Gasteiger partial charge is 0.233 e. The predicted octanol–water partition coefficient (Wildman–Crippen LogP) is 0.656. The number of carbonyl (C=O) groups is 1. The van der Waals surface area contributed by atoms with Gasteiger partial charge in [0.05, 0.1) is 17.0 Å². The van der Waals surface area contributed by atoms with Crippen LogP contribution in [-0.4, -0.2) is 68.2 Å². The number of piperidine rings is 1. The van der Waals surface area contributed by atoms with Gasteiger partial charge in [0.2, 0.25) is 5.91 Å². The highest BCUT2D eigenvalue weighted by molar-refractivity contribution is 7.90. The van der Waals surface area contributed by atoms with E-state index >= 15 is 0 Å². The lowest BCUT2D eigenvalue weighted by Crippen LogP contribution is -2.43. The molecule has 0 radical (unpaired) electrons. The molecule has 0 bridgehead atoms. The summed E-state index contributed by atoms with van der Waals surface area (Å²) in [6.45, 7) is 2.06. The Kier molecular flexibility index (Phi) is 5.38. The fourth-order valence-electron chi connectivity index (χ4n) is 3.09. The van der Waals surface area contributed by atoms with Gasteiger partial charge in [-0.1, -0.05) is 0 Å². The molecule has 1 fully saturated rings. The second-order valence-electron chi connectivity index (χ2n) is 6.54. The molecule has 1 aliphatic heterocycles. The lowest BCUT2D eigenvalue weighted by Gasteiger charge is -2.32. The summed E-state index contributed by atoms with van der Waals surface area (Å²) in [6.07, 6.45) is 4.43. The minimum atomic E-state index is -3.29. The number of hydrogen-bond acceptors (Lipinski definition) is 7. The molecule has 0 unspecified atom stereocenters. The molecular formula is C17H23N5O3S. The Morgan fingerprint density at radius 2 is 2.00 bits per heavy atom. The fraction of sp³-hybridized carbons (Fsp3) is 0.471. The maximum atomic E-state index is 11.8. The molecule has 0 spiro atoms. The van der Waals surface area contributed by atoms with Gasteiger partial charge >= 0.3 is 0 Å². The van der Waals surface area contributed by atoms with Gasteiger partial charge in [0, 0.05) is 37.8 Å². The van der Waals surface area contributed by atoms with Gasteiger partial charge < -0.3 is 10.6 Å². The molecule has 1 amide bonds. The molecule has 2 N–H and O–H groups in total. The lowest BCUT2D eigenvalue weighted by atomic mass is 10.0. The minimum Gasteiger partial charge on any atom is -0.367 e. The molecule has 140 valence electrons. The van der Waals surface area contributed by atoms with Crippen LogP contribution in [0.4, 0.5) is 5.82 Å². The number of benzene rings is 1. The second kappa shape index (κ2) is 7.55. The topological polar surface area (TPSA) is 104 Å². The molecule has 1 aromatic carbocycles. The largest absolute Gasteiger partial charge is 0.367 e. The summed E-state index contributed by atoms with van der Waals surface area (Å²) in [7, 11) is -1.65. The van der Waals surface area contributed by atoms with Crippen LogP contribution in [0, 0.1) is 0 Å². The van der Waals surface area contributed by atoms with Crippen molar-refractivity contribution in [1.82, 2.24) is 20.2 Å². The summed E-state index contributed by atoms with van der Waals surface area (Å²) >= 11 is 0. The Balaban J connectivity index is 1.74. The van der Waals surface area contributed by atoms with Crippen LogP contribution in [0.25, 0.3) is 10.9 Å². The van der Waals surface area contributed by atoms with Crippen LogP contribution < -0.4 is 10.6 Å². The molecule has 1 saturated heterocycles. The second-order valence-corrected chi connectivity index (χ2v) is 8.56. The van der Waals surface area contributed by atoms with Gasteiger partial charge in [-0.3, -0.25) is 9.69 Å². The Morgan fingerprint density at radius 3 is 2.65 bits per heavy atom. The van der Waals surface area contributed by atoms with Gasteiger partial charge in [0.15, 0.2) is 9.84 Å². The first-order chi connectivity index (χ1) is 12.4. The number of carbonyl (C=O) groups excluding carboxylic acids is 1. The molecule has 0 saturated carbocycles. The Morgan fingerprint density at radius 1 is 1.27 bits per heavy atom. The van der Waals surface area contributed by atoms with Crippen molar-refractivity contribution in [3.05, 3.63) is 24.5 Å². The zero-order chi connectivity index (χ0) is 18.7. The van der Waals surface area contributed by atoms with E-state index in [9.17, 15) is 13.2 Å². The van der Waals surface area contributed by atoms with E-state index in [-0.39, 0.29) is 16.8 Å². The first-order valence-corrected chi connectivity index (χ1v) is 10.4. The molecule has 1 aliphatic rings. The van der Waals surface area contributed by atoms with Crippen LogP contribution in [-0.2, 0) is 14.6 Å². The van der Waals surface area contributed by atoms with E-state index in [4.69, 9.17) is 0 Å². The van der Waals surface area contributed by atoms with Crippen molar-refractivity contribution in [2.75, 3.05) is 38.3 Å². The first kappa shape index (κ1) is 18.5. The number of aromatic nitrogens is 2. The number of sulfone groups is 1. The number of amides is 1. The maximum absolute atomic E-state index is 11.8. The zero-order valence-electron chi connectivity index (χ0n) is 14.9. The van der Waals surface area contributed by atoms with Gasteiger partial charge in [-0.25, -0.2) is 18.4 Å². The SMILES string of the molecule is CNC(=O)CN1CCC(Nc2ncnc3ccc(S(C)(=O)=O)cc23)CC1. The summed E-state index contributed by atoms with van der Waals surface area (Å²) < 4.78 is 23.7. The van der Waals surface area contributed by atoms with Crippen molar-refractivity contribution < 1.29 is 13.2 Å². The molecule has 9 heteroatoms. The van der Waals surface area contributed by atoms with E-state index < -0.39 is 9.84 Å². The Hall–Kier alpha value is -2.26. The van der Waals surface area contributed by atoms with E-state index in [0.717, 1.165) is 25.9 Å². The van der Waals surface area contributed by atoms with Crippen LogP contribution in [0.15, 0.2) is 29.4 Å². The highest BCUT2D eigenvalue weighted by atomic mass is 32.2. The van der Waals surface area contributed by atoms with Crippen molar-refractivity contribution in [3.63, 3.8) is 0 Å². The van der Waals surface area contributed by atoms with Gasteiger partial charge in [-0.15, -0.1) is 0 Å². The van der Waals surface area contributed by atoms with Crippen molar-refractivity contribution in [2.45, 2.75) is 23.8 Å². The quantitative estimate of drug-likeness (QED) is 0.788. The van der Waals surface area contributed by atoms with Crippen LogP contribution >= 0.6 is 0 Å². The minimum absolute atomic E-state index is 0.0199. The van der Waals surface area contributed by atoms with E-state index in [1.54, 1.807) is 25.2 Å². The molecule has 26 heavy (non-hydrogen) atoms. The third-order valence-corrected chi connectivity index (χ3v) is 5.72. The number of hydrogen-bond donors (Lipinski definition) is 2. The average Bonchev–Trinajstić information content (AvgIpc) is 2.62. The zero-order valence-corrected chi connectivity index (χ0v) is 15.7. The average molecular weight is 377 g/mol. The summed E-state index contributed by atoms with van der Waals surface area (Å²) in [5.74, 6) is 0.664. The Bertz CT molecular complexity index is 908. The number of anilines is 1. The molecular weight excluding hydrogens is 354 g/mol. The monoisotopic (exact) mass is 377 g/mol. The Labute approximate surface area is 152 Å². The van der Waals surface area contributed by atoms with E-state index in [1.165, 1.54) is 12.6 Å². The number of nitrogens with one attached hydrogen (secondary N) is 2. The molecule has 8 nitrogen and oxygen atoms in total. The van der Waals surface area contributed by atoms with Crippen molar-refractivity contribution in [1.29, 1.82) is 0 Å². The van der Waals surface area contributed by atoms with Gasteiger partial charge in [0.25, 0.3) is 0 Å². The molecule has 0 atom stereocenters. The van der Waals surface area contributed by atoms with Crippen molar-refractivity contribution >= 4 is 32.5 Å². The van der Waals surface area contributed by atoms with Crippen LogP contribution in [0.2, 0.25) is 0 Å². The predicted molar refractivity (Wildman–Crippen MR) is 99.8 cm³/mol. The standard InChI is InChI=1S/C17H23N5O3S/c1-18-16(23)10-22-7-5-12(6-8-22)21-17-14-9-13(26(2,24)25)3-4-15(14)19-11-20-17/h3-4,9,11-12H,5-8,10H2,1-2H3,(H,18,23)(H,19,20,21). The van der Waals surface area contributed by atoms with Crippen LogP contribution in [0.3, 0.4) is 0 Å². The summed E-state index contributed by atoms with van der Waals surface area (Å²) in [5, 5.41) is 6.75. The van der Waals surface area contributed by atoms with Crippen LogP contribution in [0.1, 0.15) is 12.8 Å². The van der Waals surface area contributed by atoms with Gasteiger partial charge in [-0.05, 0) is 31.0 Å². The lowest BCUT2D eigenvalue weighted by molar-refractivity contribution is -0.122. The molecule has 3 rings (SSSR count). The van der Waals surface area contributed by atoms with Crippen LogP contribution in [0.5, 0.6) is 0 Å². The van der Waals surface area contributed by atoms with E-state index in [0.29, 0.717) is 23.3 Å². The molecule has 2 heterocycles. The highest BCUT2D eigenvalue weighted by Crippen LogP contribution is 2.25. The van der Waals surface area contributed by atoms with E-state index in [2.05, 4.69) is 25.5 Å². The number of fused-ring (bicyclic) bond motifs is 1. The molecule has 2 aromatic rings. The van der Waals surface area contributed by atoms with E-state index in [1.807, 2.05) is 0 Å². The maximum Gasteiger partial charge on any atom is 0.233 e. The number of rotatable bonds is 5. The molecule has 0 aliphatic carbocycles. The van der Waals surface area contributed by atoms with Crippen molar-refractivity contribution in [3.8, 4) is 0 Å². The third kappa shape index (κ3) is 4.28. The summed E-state index contributed by atoms with van der Waals surface area (Å²) in [5.41, 5.74) is 0.701. The first-order valence-electron chi connectivity index (χ1n) is 8.51. The number of nitrogens with zero attached hydrogens (tertiary/aromatic N) is 3. The number of likely N-dealkylation sites (N-methyl/N-ethyl adjacent to an activating group) is 1. The molecule has 1 aromatic heterocycles. The fourth-order valence-corrected chi connectivity index (χ4v) is 3.74. The number of likely N-dealkylation sites (tertiary alicyclic amines) is 1. The van der Waals surface area contributed by atoms with Crippen molar-refractivity contribution in [2.24, 2.45) is 0 Å². The van der Waals surface area contributed by atoms with Gasteiger partial charge in [-0.2, -0.15) is 0 Å². The summed E-state index contributed by atoms with van der Waals surface area (Å²) in [4.78, 5) is 22.4. The summed E-state index contributed by atoms with van der Waals surface area (Å²) in [6, 6.07) is 5.10. The van der Waals surface area contributed by atoms with Gasteiger partial charge in [0.1, 0.15) is 12.1 Å². The highest BCUT2D eigenvalue weighted by Gasteiger charge is 2.21.